The summed E-state index contributed by atoms with van der Waals surface area (Å²) in [7, 11) is 0.437. The maximum atomic E-state index is 14.0. The van der Waals surface area contributed by atoms with Crippen molar-refractivity contribution >= 4 is 33.1 Å². The lowest BCUT2D eigenvalue weighted by Crippen LogP contribution is -2.59. The molecule has 12 heteroatoms. The second kappa shape index (κ2) is 13.0. The second-order valence-electron chi connectivity index (χ2n) is 14.3. The maximum Gasteiger partial charge on any atom is 0.318 e. The van der Waals surface area contributed by atoms with Gasteiger partial charge in [-0.3, -0.25) is 4.79 Å². The Labute approximate surface area is 284 Å². The van der Waals surface area contributed by atoms with Crippen molar-refractivity contribution in [1.82, 2.24) is 23.8 Å². The minimum atomic E-state index is -3.98. The van der Waals surface area contributed by atoms with Gasteiger partial charge in [-0.2, -0.15) is 12.7 Å². The summed E-state index contributed by atoms with van der Waals surface area (Å²) in [5.41, 5.74) is 4.83. The van der Waals surface area contributed by atoms with Crippen molar-refractivity contribution in [2.24, 2.45) is 0 Å². The van der Waals surface area contributed by atoms with Crippen molar-refractivity contribution in [2.45, 2.75) is 95.9 Å². The molecule has 2 fully saturated rings. The van der Waals surface area contributed by atoms with Crippen molar-refractivity contribution in [3.63, 3.8) is 0 Å². The number of nitrogens with zero attached hydrogens (tertiary/aromatic N) is 3. The van der Waals surface area contributed by atoms with Gasteiger partial charge < -0.3 is 24.3 Å². The van der Waals surface area contributed by atoms with E-state index in [-0.39, 0.29) is 29.7 Å². The zero-order chi connectivity index (χ0) is 34.5. The van der Waals surface area contributed by atoms with Crippen molar-refractivity contribution in [1.29, 1.82) is 0 Å². The van der Waals surface area contributed by atoms with E-state index in [1.54, 1.807) is 19.2 Å². The molecule has 0 spiro atoms. The van der Waals surface area contributed by atoms with Crippen LogP contribution in [-0.2, 0) is 21.5 Å². The molecular formula is C36H49N5O6S. The summed E-state index contributed by atoms with van der Waals surface area (Å²) in [4.78, 5) is 29.2. The molecular weight excluding hydrogens is 630 g/mol. The number of methoxy groups -OCH3 is 1. The van der Waals surface area contributed by atoms with E-state index in [0.717, 1.165) is 63.5 Å². The Hall–Kier alpha value is -3.61. The van der Waals surface area contributed by atoms with E-state index in [9.17, 15) is 18.0 Å². The first-order chi connectivity index (χ1) is 22.7. The Bertz CT molecular complexity index is 1820. The lowest BCUT2D eigenvalue weighted by Gasteiger charge is -2.41. The molecule has 48 heavy (non-hydrogen) atoms. The fraction of sp³-hybridized carbons (Fsp3) is 0.556. The van der Waals surface area contributed by atoms with Crippen molar-refractivity contribution in [3.8, 4) is 17.0 Å². The van der Waals surface area contributed by atoms with E-state index >= 15 is 0 Å². The van der Waals surface area contributed by atoms with Crippen molar-refractivity contribution in [3.05, 3.63) is 53.1 Å². The molecule has 3 aliphatic rings. The van der Waals surface area contributed by atoms with Crippen LogP contribution in [0, 0.1) is 0 Å². The molecule has 0 bridgehead atoms. The number of amides is 3. The highest BCUT2D eigenvalue weighted by Gasteiger charge is 2.42. The van der Waals surface area contributed by atoms with Crippen molar-refractivity contribution in [2.75, 3.05) is 34.3 Å². The van der Waals surface area contributed by atoms with Gasteiger partial charge >= 0.3 is 16.2 Å². The van der Waals surface area contributed by atoms with Gasteiger partial charge in [0.1, 0.15) is 5.75 Å². The van der Waals surface area contributed by atoms with E-state index < -0.39 is 21.7 Å². The number of ether oxygens (including phenoxy) is 2. The third-order valence-corrected chi connectivity index (χ3v) is 12.0. The second-order valence-corrected chi connectivity index (χ2v) is 16.2. The van der Waals surface area contributed by atoms with Crippen LogP contribution in [0.5, 0.6) is 5.75 Å². The molecule has 1 aromatic heterocycles. The number of fused-ring (bicyclic) bond motifs is 5. The lowest BCUT2D eigenvalue weighted by molar-refractivity contribution is -0.0554. The number of carbonyl (C=O) groups excluding carboxylic acids is 2. The van der Waals surface area contributed by atoms with Crippen LogP contribution < -0.4 is 14.8 Å². The zero-order valence-electron chi connectivity index (χ0n) is 29.1. The largest absolute Gasteiger partial charge is 0.497 e. The number of nitrogens with one attached hydrogen (secondary N) is 2. The van der Waals surface area contributed by atoms with Gasteiger partial charge in [-0.1, -0.05) is 32.3 Å². The van der Waals surface area contributed by atoms with Gasteiger partial charge in [-0.15, -0.1) is 0 Å². The summed E-state index contributed by atoms with van der Waals surface area (Å²) in [6.45, 7) is 9.66. The van der Waals surface area contributed by atoms with Crippen LogP contribution in [-0.4, -0.2) is 86.2 Å². The van der Waals surface area contributed by atoms with Crippen LogP contribution in [0.1, 0.15) is 93.1 Å². The highest BCUT2D eigenvalue weighted by Crippen LogP contribution is 2.50. The van der Waals surface area contributed by atoms with Gasteiger partial charge in [0.25, 0.3) is 5.91 Å². The zero-order valence-corrected chi connectivity index (χ0v) is 29.9. The smallest absolute Gasteiger partial charge is 0.318 e. The van der Waals surface area contributed by atoms with Crippen molar-refractivity contribution < 1.29 is 27.5 Å². The Morgan fingerprint density at radius 3 is 2.33 bits per heavy atom. The molecule has 3 amide bonds. The van der Waals surface area contributed by atoms with Crippen LogP contribution in [0.15, 0.2) is 36.4 Å². The number of aromatic nitrogens is 1. The standard InChI is InChI=1S/C36H49N5O6S/c1-22-19-40(20-23(2)47-22)35(43)37-36(4)21-41-31-17-26(34(42)38-48(44,45)39(5)6)13-15-29(31)32(25-11-9-8-10-12-25)33(41)28-16-14-27(46-7)18-30(28)24(36)3/h13-18,22-25H,8-12,19-21H2,1-7H3,(H,37,43)(H,38,42)/t22-,23+,24?,36?. The Morgan fingerprint density at radius 2 is 1.69 bits per heavy atom. The van der Waals surface area contributed by atoms with Gasteiger partial charge in [-0.05, 0) is 81.0 Å². The molecule has 2 aliphatic heterocycles. The molecule has 3 heterocycles. The number of morpholine rings is 1. The molecule has 1 saturated heterocycles. The molecule has 2 aromatic carbocycles. The van der Waals surface area contributed by atoms with E-state index in [2.05, 4.69) is 40.6 Å². The van der Waals surface area contributed by atoms with Crippen LogP contribution in [0.2, 0.25) is 0 Å². The number of hydrogen-bond acceptors (Lipinski definition) is 6. The molecule has 1 saturated carbocycles. The lowest BCUT2D eigenvalue weighted by atomic mass is 9.78. The molecule has 260 valence electrons. The van der Waals surface area contributed by atoms with Crippen LogP contribution in [0.3, 0.4) is 0 Å². The predicted molar refractivity (Wildman–Crippen MR) is 187 cm³/mol. The quantitative estimate of drug-likeness (QED) is 0.350. The Kier molecular flexibility index (Phi) is 9.29. The summed E-state index contributed by atoms with van der Waals surface area (Å²) < 4.78 is 42.2. The monoisotopic (exact) mass is 679 g/mol. The fourth-order valence-electron chi connectivity index (χ4n) is 7.91. The van der Waals surface area contributed by atoms with Gasteiger partial charge in [0.15, 0.2) is 0 Å². The molecule has 0 radical (unpaired) electrons. The van der Waals surface area contributed by atoms with Gasteiger partial charge in [-0.25, -0.2) is 9.52 Å². The van der Waals surface area contributed by atoms with Gasteiger partial charge in [0.05, 0.1) is 30.6 Å². The van der Waals surface area contributed by atoms with E-state index in [1.807, 2.05) is 30.9 Å². The molecule has 2 N–H and O–H groups in total. The number of urea groups is 1. The number of carbonyl (C=O) groups is 2. The first-order valence-electron chi connectivity index (χ1n) is 17.0. The Balaban J connectivity index is 1.55. The predicted octanol–water partition coefficient (Wildman–Crippen LogP) is 5.60. The van der Waals surface area contributed by atoms with E-state index in [0.29, 0.717) is 25.6 Å². The van der Waals surface area contributed by atoms with Gasteiger partial charge in [0, 0.05) is 61.7 Å². The number of hydrogen-bond donors (Lipinski definition) is 2. The number of benzene rings is 2. The summed E-state index contributed by atoms with van der Waals surface area (Å²) in [6.07, 6.45) is 5.51. The first-order valence-corrected chi connectivity index (χ1v) is 18.5. The third kappa shape index (κ3) is 6.30. The fourth-order valence-corrected chi connectivity index (χ4v) is 8.44. The minimum absolute atomic E-state index is 0.0669. The average Bonchev–Trinajstić information content (AvgIpc) is 3.31. The Morgan fingerprint density at radius 1 is 1.00 bits per heavy atom. The summed E-state index contributed by atoms with van der Waals surface area (Å²) in [6, 6.07) is 11.5. The molecule has 3 aromatic rings. The summed E-state index contributed by atoms with van der Waals surface area (Å²) in [5.74, 6) is 0.259. The number of rotatable bonds is 6. The summed E-state index contributed by atoms with van der Waals surface area (Å²) >= 11 is 0. The normalized spacial score (nSPS) is 24.9. The molecule has 1 aliphatic carbocycles. The highest BCUT2D eigenvalue weighted by molar-refractivity contribution is 7.87. The summed E-state index contributed by atoms with van der Waals surface area (Å²) in [5, 5.41) is 4.50. The molecule has 2 unspecified atom stereocenters. The maximum absolute atomic E-state index is 14.0. The SMILES string of the molecule is COc1ccc2c(c1)C(C)C(C)(NC(=O)N1C[C@@H](C)O[C@@H](C)C1)Cn1c-2c(C2CCCCC2)c2ccc(C(=O)NS(=O)(=O)N(C)C)cc21. The van der Waals surface area contributed by atoms with Gasteiger partial charge in [0.2, 0.25) is 0 Å². The highest BCUT2D eigenvalue weighted by atomic mass is 32.2. The van der Waals surface area contributed by atoms with Crippen LogP contribution in [0.25, 0.3) is 22.2 Å². The molecule has 6 rings (SSSR count). The van der Waals surface area contributed by atoms with E-state index in [4.69, 9.17) is 9.47 Å². The first kappa shape index (κ1) is 34.3. The third-order valence-electron chi connectivity index (χ3n) is 10.6. The topological polar surface area (TPSA) is 122 Å². The molecule has 4 atom stereocenters. The van der Waals surface area contributed by atoms with Crippen LogP contribution in [0.4, 0.5) is 4.79 Å². The van der Waals surface area contributed by atoms with E-state index in [1.165, 1.54) is 26.1 Å². The average molecular weight is 680 g/mol. The minimum Gasteiger partial charge on any atom is -0.497 e. The molecule has 11 nitrogen and oxygen atoms in total. The van der Waals surface area contributed by atoms with Crippen LogP contribution >= 0.6 is 0 Å².